The number of carbonyl (C=O) groups is 4. The number of carboxylic acid groups (broad SMARTS) is 1. The summed E-state index contributed by atoms with van der Waals surface area (Å²) in [7, 11) is 0. The molecule has 0 bridgehead atoms. The molecule has 3 aliphatic rings. The van der Waals surface area contributed by atoms with Crippen molar-refractivity contribution in [2.45, 2.75) is 90.4 Å². The number of aryl methyl sites for hydroxylation is 2. The van der Waals surface area contributed by atoms with Crippen LogP contribution in [0.5, 0.6) is 0 Å². The molecule has 0 amide bonds. The molecule has 2 unspecified atom stereocenters. The van der Waals surface area contributed by atoms with Crippen molar-refractivity contribution < 1.29 is 60.1 Å². The predicted octanol–water partition coefficient (Wildman–Crippen LogP) is 6.37. The molecule has 2 atom stereocenters. The summed E-state index contributed by atoms with van der Waals surface area (Å²) >= 11 is 0. The average molecular weight is 689 g/mol. The van der Waals surface area contributed by atoms with E-state index in [2.05, 4.69) is 9.97 Å². The van der Waals surface area contributed by atoms with Gasteiger partial charge in [0.15, 0.2) is 0 Å². The number of alkyl halides is 6. The van der Waals surface area contributed by atoms with E-state index in [0.29, 0.717) is 87.1 Å². The molecular weight excluding hydrogens is 650 g/mol. The summed E-state index contributed by atoms with van der Waals surface area (Å²) in [6.45, 7) is 4.27. The highest BCUT2D eigenvalue weighted by Gasteiger charge is 2.36. The molecule has 2 aromatic heterocycles. The number of ketones is 1. The maximum atomic E-state index is 12.5. The number of aliphatic carboxylic acids is 1. The SMILES string of the molecule is CCOC(=O)C1CCC(=O)CC1.CCOC(=O)C1CCc2nc(C(F)(F)F)ccc2C1.O=C(O)C1CCc2nc(C(F)(F)F)ccc2C1. The molecule has 2 aromatic rings. The zero-order valence-corrected chi connectivity index (χ0v) is 26.6. The standard InChI is InChI=1S/C13H14F3NO2.C11H10F3NO2.C9H14O3/c1-2-19-12(18)9-3-5-10-8(7-9)4-6-11(17-10)13(14,15)16;12-11(13,14)9-4-2-6-5-7(10(16)17)1-3-8(6)15-9;1-2-12-9(11)7-3-5-8(10)6-4-7/h4,6,9H,2-3,5,7H2,1H3;2,4,7H,1,3,5H2,(H,16,17);7H,2-6H2,1H3. The fourth-order valence-electron chi connectivity index (χ4n) is 5.65. The molecule has 15 heteroatoms. The highest BCUT2D eigenvalue weighted by molar-refractivity contribution is 5.82. The number of fused-ring (bicyclic) bond motifs is 2. The van der Waals surface area contributed by atoms with Crippen LogP contribution in [0.1, 0.15) is 86.3 Å². The van der Waals surface area contributed by atoms with E-state index in [1.54, 1.807) is 13.8 Å². The third kappa shape index (κ3) is 11.0. The van der Waals surface area contributed by atoms with Gasteiger partial charge in [0.2, 0.25) is 0 Å². The second-order valence-electron chi connectivity index (χ2n) is 11.6. The highest BCUT2D eigenvalue weighted by Crippen LogP contribution is 2.33. The zero-order chi connectivity index (χ0) is 35.6. The molecule has 1 saturated carbocycles. The number of nitrogens with zero attached hydrogens (tertiary/aromatic N) is 2. The van der Waals surface area contributed by atoms with E-state index in [0.717, 1.165) is 12.1 Å². The molecule has 0 radical (unpaired) electrons. The van der Waals surface area contributed by atoms with Crippen LogP contribution in [0.3, 0.4) is 0 Å². The van der Waals surface area contributed by atoms with Crippen LogP contribution >= 0.6 is 0 Å². The fraction of sp³-hybridized carbons (Fsp3) is 0.576. The van der Waals surface area contributed by atoms with Crippen LogP contribution in [0.2, 0.25) is 0 Å². The van der Waals surface area contributed by atoms with Gasteiger partial charge in [-0.15, -0.1) is 0 Å². The van der Waals surface area contributed by atoms with Crippen molar-refractivity contribution in [3.63, 3.8) is 0 Å². The van der Waals surface area contributed by atoms with Crippen LogP contribution in [-0.4, -0.2) is 52.0 Å². The molecule has 0 aromatic carbocycles. The van der Waals surface area contributed by atoms with E-state index in [4.69, 9.17) is 14.6 Å². The minimum Gasteiger partial charge on any atom is -0.481 e. The van der Waals surface area contributed by atoms with E-state index < -0.39 is 35.6 Å². The number of carbonyl (C=O) groups excluding carboxylic acids is 3. The highest BCUT2D eigenvalue weighted by atomic mass is 19.4. The molecular formula is C33H38F6N2O7. The van der Waals surface area contributed by atoms with Crippen LogP contribution in [0, 0.1) is 17.8 Å². The van der Waals surface area contributed by atoms with Crippen molar-refractivity contribution in [1.82, 2.24) is 9.97 Å². The number of esters is 2. The molecule has 1 N–H and O–H groups in total. The number of hydrogen-bond donors (Lipinski definition) is 1. The van der Waals surface area contributed by atoms with E-state index >= 15 is 0 Å². The van der Waals surface area contributed by atoms with Crippen molar-refractivity contribution in [2.24, 2.45) is 17.8 Å². The van der Waals surface area contributed by atoms with Crippen LogP contribution in [0.4, 0.5) is 26.3 Å². The van der Waals surface area contributed by atoms with E-state index in [1.165, 1.54) is 12.1 Å². The maximum Gasteiger partial charge on any atom is 0.433 e. The lowest BCUT2D eigenvalue weighted by molar-refractivity contribution is -0.150. The summed E-state index contributed by atoms with van der Waals surface area (Å²) < 4.78 is 84.6. The Kier molecular flexibility index (Phi) is 13.5. The van der Waals surface area contributed by atoms with Crippen molar-refractivity contribution in [3.05, 3.63) is 58.2 Å². The summed E-state index contributed by atoms with van der Waals surface area (Å²) in [4.78, 5) is 51.6. The number of carboxylic acids is 1. The van der Waals surface area contributed by atoms with Gasteiger partial charge in [0.05, 0.1) is 31.0 Å². The molecule has 2 heterocycles. The number of Topliss-reactive ketones (excluding diaryl/α,β-unsaturated/α-hetero) is 1. The Balaban J connectivity index is 0.000000200. The number of aromatic nitrogens is 2. The van der Waals surface area contributed by atoms with Gasteiger partial charge < -0.3 is 14.6 Å². The summed E-state index contributed by atoms with van der Waals surface area (Å²) in [6.07, 6.45) is -4.27. The van der Waals surface area contributed by atoms with Crippen molar-refractivity contribution in [3.8, 4) is 0 Å². The van der Waals surface area contributed by atoms with Gasteiger partial charge in [0, 0.05) is 24.2 Å². The third-order valence-electron chi connectivity index (χ3n) is 8.24. The largest absolute Gasteiger partial charge is 0.481 e. The number of ether oxygens (including phenoxy) is 2. The van der Waals surface area contributed by atoms with Crippen LogP contribution in [0.25, 0.3) is 0 Å². The van der Waals surface area contributed by atoms with Gasteiger partial charge in [-0.3, -0.25) is 19.2 Å². The van der Waals surface area contributed by atoms with Gasteiger partial charge in [-0.1, -0.05) is 12.1 Å². The summed E-state index contributed by atoms with van der Waals surface area (Å²) in [6, 6.07) is 4.62. The van der Waals surface area contributed by atoms with Gasteiger partial charge in [-0.05, 0) is 88.5 Å². The normalized spacial score (nSPS) is 19.3. The second kappa shape index (κ2) is 16.9. The lowest BCUT2D eigenvalue weighted by Crippen LogP contribution is -2.26. The fourth-order valence-corrected chi connectivity index (χ4v) is 5.65. The average Bonchev–Trinajstić information content (AvgIpc) is 3.04. The van der Waals surface area contributed by atoms with Crippen LogP contribution in [-0.2, 0) is 66.7 Å². The Hall–Kier alpha value is -4.04. The molecule has 3 aliphatic carbocycles. The van der Waals surface area contributed by atoms with Crippen molar-refractivity contribution >= 4 is 23.7 Å². The smallest absolute Gasteiger partial charge is 0.433 e. The number of rotatable bonds is 5. The molecule has 48 heavy (non-hydrogen) atoms. The predicted molar refractivity (Wildman–Crippen MR) is 157 cm³/mol. The Morgan fingerprint density at radius 1 is 0.688 bits per heavy atom. The van der Waals surface area contributed by atoms with Gasteiger partial charge in [0.1, 0.15) is 17.2 Å². The third-order valence-corrected chi connectivity index (χ3v) is 8.24. The first kappa shape index (κ1) is 38.4. The first-order chi connectivity index (χ1) is 22.5. The number of halogens is 6. The maximum absolute atomic E-state index is 12.5. The van der Waals surface area contributed by atoms with Gasteiger partial charge in [-0.25, -0.2) is 9.97 Å². The molecule has 5 rings (SSSR count). The van der Waals surface area contributed by atoms with Gasteiger partial charge in [0.25, 0.3) is 0 Å². The molecule has 0 saturated heterocycles. The Morgan fingerprint density at radius 2 is 1.08 bits per heavy atom. The molecule has 0 aliphatic heterocycles. The monoisotopic (exact) mass is 688 g/mol. The number of pyridine rings is 2. The molecule has 264 valence electrons. The minimum absolute atomic E-state index is 0.0253. The first-order valence-electron chi connectivity index (χ1n) is 15.7. The molecule has 0 spiro atoms. The van der Waals surface area contributed by atoms with Crippen LogP contribution in [0.15, 0.2) is 24.3 Å². The van der Waals surface area contributed by atoms with E-state index in [-0.39, 0.29) is 42.4 Å². The quantitative estimate of drug-likeness (QED) is 0.281. The van der Waals surface area contributed by atoms with Gasteiger partial charge >= 0.3 is 30.3 Å². The number of hydrogen-bond acceptors (Lipinski definition) is 8. The first-order valence-corrected chi connectivity index (χ1v) is 15.7. The Bertz CT molecular complexity index is 1450. The molecule has 9 nitrogen and oxygen atoms in total. The summed E-state index contributed by atoms with van der Waals surface area (Å²) in [5, 5.41) is 8.85. The topological polar surface area (TPSA) is 133 Å². The van der Waals surface area contributed by atoms with E-state index in [1.807, 2.05) is 0 Å². The lowest BCUT2D eigenvalue weighted by Gasteiger charge is -2.23. The van der Waals surface area contributed by atoms with Crippen molar-refractivity contribution in [2.75, 3.05) is 13.2 Å². The van der Waals surface area contributed by atoms with Crippen molar-refractivity contribution in [1.29, 1.82) is 0 Å². The van der Waals surface area contributed by atoms with Gasteiger partial charge in [-0.2, -0.15) is 26.3 Å². The Labute approximate surface area is 273 Å². The second-order valence-corrected chi connectivity index (χ2v) is 11.6. The Morgan fingerprint density at radius 3 is 1.50 bits per heavy atom. The van der Waals surface area contributed by atoms with E-state index in [9.17, 15) is 45.5 Å². The minimum atomic E-state index is -4.45. The van der Waals surface area contributed by atoms with Crippen LogP contribution < -0.4 is 0 Å². The molecule has 1 fully saturated rings. The summed E-state index contributed by atoms with van der Waals surface area (Å²) in [5.41, 5.74) is 0.340. The zero-order valence-electron chi connectivity index (χ0n) is 26.6. The summed E-state index contributed by atoms with van der Waals surface area (Å²) in [5.74, 6) is -1.86. The lowest BCUT2D eigenvalue weighted by atomic mass is 9.86.